The molecule has 6 heteroatoms. The lowest BCUT2D eigenvalue weighted by atomic mass is 9.97. The molecule has 0 saturated carbocycles. The fourth-order valence-corrected chi connectivity index (χ4v) is 3.75. The first-order valence-electron chi connectivity index (χ1n) is 9.06. The number of nitrogens with two attached hydrogens (primary N) is 1. The molecule has 0 radical (unpaired) electrons. The molecule has 2 heterocycles. The minimum atomic E-state index is 0. The summed E-state index contributed by atoms with van der Waals surface area (Å²) in [6.07, 6.45) is 7.51. The summed E-state index contributed by atoms with van der Waals surface area (Å²) >= 11 is 1.86. The summed E-state index contributed by atoms with van der Waals surface area (Å²) in [5, 5.41) is 5.40. The Hall–Kier alpha value is -0.340. The Bertz CT molecular complexity index is 442. The van der Waals surface area contributed by atoms with Crippen molar-refractivity contribution < 1.29 is 0 Å². The van der Waals surface area contributed by atoms with Crippen molar-refractivity contribution in [3.05, 3.63) is 22.4 Å². The molecule has 1 aliphatic rings. The van der Waals surface area contributed by atoms with E-state index in [1.165, 1.54) is 56.5 Å². The zero-order valence-electron chi connectivity index (χ0n) is 14.9. The van der Waals surface area contributed by atoms with E-state index in [1.807, 2.05) is 11.3 Å². The largest absolute Gasteiger partial charge is 0.370 e. The highest BCUT2D eigenvalue weighted by molar-refractivity contribution is 14.0. The second-order valence-electron chi connectivity index (χ2n) is 6.51. The molecule has 0 unspecified atom stereocenters. The molecule has 1 fully saturated rings. The fraction of sp³-hybridized carbons (Fsp3) is 0.722. The second kappa shape index (κ2) is 12.9. The van der Waals surface area contributed by atoms with Crippen molar-refractivity contribution in [2.24, 2.45) is 16.6 Å². The molecule has 2 rings (SSSR count). The third kappa shape index (κ3) is 8.67. The summed E-state index contributed by atoms with van der Waals surface area (Å²) in [4.78, 5) is 8.56. The van der Waals surface area contributed by atoms with E-state index < -0.39 is 0 Å². The predicted molar refractivity (Wildman–Crippen MR) is 116 cm³/mol. The molecule has 3 N–H and O–H groups in total. The van der Waals surface area contributed by atoms with Crippen LogP contribution < -0.4 is 11.1 Å². The Kier molecular flexibility index (Phi) is 11.7. The topological polar surface area (TPSA) is 53.6 Å². The summed E-state index contributed by atoms with van der Waals surface area (Å²) in [6.45, 7) is 7.53. The van der Waals surface area contributed by atoms with Gasteiger partial charge in [-0.05, 0) is 49.7 Å². The molecule has 1 aromatic rings. The van der Waals surface area contributed by atoms with Gasteiger partial charge in [0.25, 0.3) is 0 Å². The van der Waals surface area contributed by atoms with Crippen molar-refractivity contribution in [3.8, 4) is 0 Å². The molecule has 0 aromatic carbocycles. The number of likely N-dealkylation sites (tertiary alicyclic amines) is 1. The highest BCUT2D eigenvalue weighted by Gasteiger charge is 2.19. The molecular formula is C18H33IN4S. The zero-order chi connectivity index (χ0) is 16.3. The Labute approximate surface area is 168 Å². The average molecular weight is 464 g/mol. The second-order valence-corrected chi connectivity index (χ2v) is 7.54. The molecule has 1 saturated heterocycles. The van der Waals surface area contributed by atoms with E-state index in [2.05, 4.69) is 39.6 Å². The van der Waals surface area contributed by atoms with Crippen LogP contribution in [0.25, 0.3) is 0 Å². The Morgan fingerprint density at radius 3 is 2.79 bits per heavy atom. The van der Waals surface area contributed by atoms with Gasteiger partial charge in [0.15, 0.2) is 5.96 Å². The van der Waals surface area contributed by atoms with Crippen LogP contribution in [-0.2, 0) is 6.54 Å². The molecular weight excluding hydrogens is 431 g/mol. The van der Waals surface area contributed by atoms with Crippen LogP contribution in [0.15, 0.2) is 22.5 Å². The first-order chi connectivity index (χ1) is 11.3. The summed E-state index contributed by atoms with van der Waals surface area (Å²) in [5.74, 6) is 1.32. The number of guanidine groups is 1. The molecule has 1 aliphatic heterocycles. The minimum absolute atomic E-state index is 0. The zero-order valence-corrected chi connectivity index (χ0v) is 18.0. The number of unbranched alkanes of at least 4 members (excludes halogenated alkanes) is 3. The van der Waals surface area contributed by atoms with Crippen LogP contribution in [0.2, 0.25) is 0 Å². The van der Waals surface area contributed by atoms with Gasteiger partial charge < -0.3 is 11.1 Å². The summed E-state index contributed by atoms with van der Waals surface area (Å²) in [5.41, 5.74) is 5.95. The minimum Gasteiger partial charge on any atom is -0.370 e. The lowest BCUT2D eigenvalue weighted by molar-refractivity contribution is 0.182. The molecule has 24 heavy (non-hydrogen) atoms. The maximum Gasteiger partial charge on any atom is 0.188 e. The quantitative estimate of drug-likeness (QED) is 0.251. The van der Waals surface area contributed by atoms with Crippen molar-refractivity contribution in [1.29, 1.82) is 0 Å². The fourth-order valence-electron chi connectivity index (χ4n) is 3.00. The van der Waals surface area contributed by atoms with Crippen LogP contribution in [0.3, 0.4) is 0 Å². The molecule has 0 amide bonds. The SMILES string of the molecule is CCCCCCNC(N)=NCC1CCN(Cc2cccs2)CC1.I. The monoisotopic (exact) mass is 464 g/mol. The third-order valence-corrected chi connectivity index (χ3v) is 5.38. The van der Waals surface area contributed by atoms with Crippen molar-refractivity contribution in [3.63, 3.8) is 0 Å². The van der Waals surface area contributed by atoms with Crippen molar-refractivity contribution in [1.82, 2.24) is 10.2 Å². The number of hydrogen-bond donors (Lipinski definition) is 2. The van der Waals surface area contributed by atoms with Crippen LogP contribution in [0.4, 0.5) is 0 Å². The van der Waals surface area contributed by atoms with Gasteiger partial charge in [-0.25, -0.2) is 0 Å². The van der Waals surface area contributed by atoms with Crippen molar-refractivity contribution >= 4 is 41.3 Å². The van der Waals surface area contributed by atoms with Crippen LogP contribution >= 0.6 is 35.3 Å². The number of thiophene rings is 1. The Balaban J connectivity index is 0.00000288. The standard InChI is InChI=1S/C18H32N4S.HI/c1-2-3-4-5-10-20-18(19)21-14-16-8-11-22(12-9-16)15-17-7-6-13-23-17;/h6-7,13,16H,2-5,8-12,14-15H2,1H3,(H3,19,20,21);1H. The first kappa shape index (κ1) is 21.7. The van der Waals surface area contributed by atoms with E-state index in [1.54, 1.807) is 0 Å². The van der Waals surface area contributed by atoms with Gasteiger partial charge in [-0.2, -0.15) is 0 Å². The number of hydrogen-bond acceptors (Lipinski definition) is 3. The van der Waals surface area contributed by atoms with Crippen LogP contribution in [0.5, 0.6) is 0 Å². The van der Waals surface area contributed by atoms with E-state index in [0.717, 1.165) is 19.6 Å². The highest BCUT2D eigenvalue weighted by Crippen LogP contribution is 2.20. The van der Waals surface area contributed by atoms with E-state index in [4.69, 9.17) is 5.73 Å². The van der Waals surface area contributed by atoms with E-state index in [0.29, 0.717) is 11.9 Å². The number of aliphatic imine (C=N–C) groups is 1. The summed E-state index contributed by atoms with van der Waals surface area (Å²) in [7, 11) is 0. The maximum absolute atomic E-state index is 5.95. The van der Waals surface area contributed by atoms with Gasteiger partial charge in [-0.1, -0.05) is 32.3 Å². The van der Waals surface area contributed by atoms with Gasteiger partial charge in [-0.15, -0.1) is 35.3 Å². The molecule has 1 aromatic heterocycles. The molecule has 4 nitrogen and oxygen atoms in total. The lowest BCUT2D eigenvalue weighted by Crippen LogP contribution is -2.36. The normalized spacial score (nSPS) is 16.8. The van der Waals surface area contributed by atoms with Gasteiger partial charge in [0, 0.05) is 24.5 Å². The third-order valence-electron chi connectivity index (χ3n) is 4.52. The molecule has 0 aliphatic carbocycles. The van der Waals surface area contributed by atoms with Gasteiger partial charge in [0.1, 0.15) is 0 Å². The van der Waals surface area contributed by atoms with Gasteiger partial charge in [-0.3, -0.25) is 9.89 Å². The van der Waals surface area contributed by atoms with Crippen molar-refractivity contribution in [2.45, 2.75) is 52.0 Å². The molecule has 0 atom stereocenters. The van der Waals surface area contributed by atoms with E-state index in [9.17, 15) is 0 Å². The number of rotatable bonds is 9. The Morgan fingerprint density at radius 2 is 2.12 bits per heavy atom. The average Bonchev–Trinajstić information content (AvgIpc) is 3.07. The molecule has 0 bridgehead atoms. The van der Waals surface area contributed by atoms with Gasteiger partial charge in [0.05, 0.1) is 0 Å². The number of halogens is 1. The van der Waals surface area contributed by atoms with Crippen molar-refractivity contribution in [2.75, 3.05) is 26.2 Å². The highest BCUT2D eigenvalue weighted by atomic mass is 127. The molecule has 138 valence electrons. The predicted octanol–water partition coefficient (Wildman–Crippen LogP) is 4.06. The van der Waals surface area contributed by atoms with Crippen LogP contribution in [0, 0.1) is 5.92 Å². The van der Waals surface area contributed by atoms with E-state index in [-0.39, 0.29) is 24.0 Å². The lowest BCUT2D eigenvalue weighted by Gasteiger charge is -2.30. The summed E-state index contributed by atoms with van der Waals surface area (Å²) in [6, 6.07) is 4.37. The molecule has 0 spiro atoms. The first-order valence-corrected chi connectivity index (χ1v) is 9.94. The van der Waals surface area contributed by atoms with E-state index >= 15 is 0 Å². The smallest absolute Gasteiger partial charge is 0.188 e. The number of nitrogens with zero attached hydrogens (tertiary/aromatic N) is 2. The Morgan fingerprint density at radius 1 is 1.33 bits per heavy atom. The van der Waals surface area contributed by atoms with Gasteiger partial charge in [0.2, 0.25) is 0 Å². The number of nitrogens with one attached hydrogen (secondary N) is 1. The summed E-state index contributed by atoms with van der Waals surface area (Å²) < 4.78 is 0. The maximum atomic E-state index is 5.95. The van der Waals surface area contributed by atoms with Gasteiger partial charge >= 0.3 is 0 Å². The van der Waals surface area contributed by atoms with Crippen LogP contribution in [0.1, 0.15) is 50.3 Å². The van der Waals surface area contributed by atoms with Crippen LogP contribution in [-0.4, -0.2) is 37.0 Å². The number of piperidine rings is 1.